The van der Waals surface area contributed by atoms with E-state index in [4.69, 9.17) is 16.6 Å². The summed E-state index contributed by atoms with van der Waals surface area (Å²) >= 11 is 5.95. The second-order valence-electron chi connectivity index (χ2n) is 7.82. The van der Waals surface area contributed by atoms with Gasteiger partial charge < -0.3 is 4.90 Å². The van der Waals surface area contributed by atoms with E-state index in [-0.39, 0.29) is 31.2 Å². The van der Waals surface area contributed by atoms with Gasteiger partial charge in [-0.3, -0.25) is 0 Å². The minimum atomic E-state index is -4.68. The third-order valence-electron chi connectivity index (χ3n) is 5.82. The highest BCUT2D eigenvalue weighted by molar-refractivity contribution is 7.89. The van der Waals surface area contributed by atoms with E-state index < -0.39 is 26.7 Å². The number of nitriles is 1. The van der Waals surface area contributed by atoms with Crippen molar-refractivity contribution in [3.05, 3.63) is 51.7 Å². The molecule has 0 amide bonds. The van der Waals surface area contributed by atoms with Crippen molar-refractivity contribution in [3.63, 3.8) is 0 Å². The topological polar surface area (TPSA) is 77.3 Å². The molecular weight excluding hydrogens is 465 g/mol. The maximum Gasteiger partial charge on any atom is 0.416 e. The number of alkyl halides is 3. The predicted molar refractivity (Wildman–Crippen MR) is 113 cm³/mol. The monoisotopic (exact) mass is 484 g/mol. The maximum atomic E-state index is 13.1. The highest BCUT2D eigenvalue weighted by Gasteiger charge is 2.36. The van der Waals surface area contributed by atoms with Gasteiger partial charge in [0.15, 0.2) is 0 Å². The van der Waals surface area contributed by atoms with Crippen LogP contribution in [-0.4, -0.2) is 43.9 Å². The maximum absolute atomic E-state index is 13.1. The molecule has 2 aliphatic rings. The van der Waals surface area contributed by atoms with Crippen LogP contribution in [-0.2, 0) is 29.0 Å². The first-order valence-electron chi connectivity index (χ1n) is 10.2. The fourth-order valence-corrected chi connectivity index (χ4v) is 6.03. The number of sulfonamides is 1. The number of hydrogen-bond acceptors (Lipinski definition) is 5. The zero-order chi connectivity index (χ0) is 23.1. The van der Waals surface area contributed by atoms with Crippen LogP contribution in [0.4, 0.5) is 19.0 Å². The van der Waals surface area contributed by atoms with Crippen molar-refractivity contribution in [2.24, 2.45) is 0 Å². The molecule has 0 radical (unpaired) electrons. The predicted octanol–water partition coefficient (Wildman–Crippen LogP) is 4.02. The van der Waals surface area contributed by atoms with E-state index in [1.165, 1.54) is 0 Å². The van der Waals surface area contributed by atoms with Crippen LogP contribution < -0.4 is 4.90 Å². The molecule has 1 aliphatic carbocycles. The standard InChI is InChI=1S/C21H20ClF3N4O2S/c22-17-6-5-16(21(23,24)25)12-19(17)32(30,31)29-9-7-28(8-10-29)20-15(13-26)11-14-3-1-2-4-18(14)27-20/h5-6,11-12H,1-4,7-10H2. The van der Waals surface area contributed by atoms with E-state index in [0.717, 1.165) is 53.4 Å². The molecule has 0 atom stereocenters. The third-order valence-corrected chi connectivity index (χ3v) is 8.20. The molecular formula is C21H20ClF3N4O2S. The molecule has 0 saturated carbocycles. The molecule has 1 saturated heterocycles. The molecule has 1 aromatic carbocycles. The number of benzene rings is 1. The zero-order valence-electron chi connectivity index (χ0n) is 17.0. The van der Waals surface area contributed by atoms with Crippen molar-refractivity contribution in [3.8, 4) is 6.07 Å². The number of anilines is 1. The Morgan fingerprint density at radius 3 is 2.41 bits per heavy atom. The highest BCUT2D eigenvalue weighted by Crippen LogP contribution is 2.35. The smallest absolute Gasteiger partial charge is 0.353 e. The Morgan fingerprint density at radius 1 is 1.06 bits per heavy atom. The summed E-state index contributed by atoms with van der Waals surface area (Å²) < 4.78 is 66.4. The molecule has 4 rings (SSSR count). The van der Waals surface area contributed by atoms with E-state index in [1.807, 2.05) is 11.0 Å². The van der Waals surface area contributed by atoms with Gasteiger partial charge in [-0.25, -0.2) is 13.4 Å². The third kappa shape index (κ3) is 4.29. The first kappa shape index (κ1) is 22.8. The SMILES string of the molecule is N#Cc1cc2c(nc1N1CCN(S(=O)(=O)c3cc(C(F)(F)F)ccc3Cl)CC1)CCCC2. The lowest BCUT2D eigenvalue weighted by molar-refractivity contribution is -0.137. The zero-order valence-corrected chi connectivity index (χ0v) is 18.6. The van der Waals surface area contributed by atoms with Crippen molar-refractivity contribution in [2.45, 2.75) is 36.8 Å². The molecule has 0 bridgehead atoms. The summed E-state index contributed by atoms with van der Waals surface area (Å²) in [6.45, 7) is 0.601. The molecule has 0 spiro atoms. The number of halogens is 4. The summed E-state index contributed by atoms with van der Waals surface area (Å²) in [5.74, 6) is 0.530. The van der Waals surface area contributed by atoms with Gasteiger partial charge in [0, 0.05) is 31.9 Å². The van der Waals surface area contributed by atoms with Crippen LogP contribution in [0.3, 0.4) is 0 Å². The van der Waals surface area contributed by atoms with Crippen LogP contribution >= 0.6 is 11.6 Å². The van der Waals surface area contributed by atoms with E-state index in [1.54, 1.807) is 0 Å². The van der Waals surface area contributed by atoms with E-state index in [0.29, 0.717) is 17.4 Å². The Balaban J connectivity index is 1.56. The van der Waals surface area contributed by atoms with Crippen LogP contribution in [0.15, 0.2) is 29.2 Å². The van der Waals surface area contributed by atoms with Gasteiger partial charge in [0.2, 0.25) is 10.0 Å². The van der Waals surface area contributed by atoms with Crippen molar-refractivity contribution in [1.82, 2.24) is 9.29 Å². The molecule has 1 aliphatic heterocycles. The molecule has 0 N–H and O–H groups in total. The van der Waals surface area contributed by atoms with Crippen molar-refractivity contribution in [1.29, 1.82) is 5.26 Å². The largest absolute Gasteiger partial charge is 0.416 e. The quantitative estimate of drug-likeness (QED) is 0.657. The Bertz CT molecular complexity index is 1190. The van der Waals surface area contributed by atoms with Crippen LogP contribution in [0.2, 0.25) is 5.02 Å². The Labute approximate surface area is 189 Å². The number of aromatic nitrogens is 1. The van der Waals surface area contributed by atoms with Crippen LogP contribution in [0.25, 0.3) is 0 Å². The molecule has 2 aromatic rings. The van der Waals surface area contributed by atoms with Gasteiger partial charge in [-0.15, -0.1) is 0 Å². The van der Waals surface area contributed by atoms with Crippen LogP contribution in [0.1, 0.15) is 35.2 Å². The second-order valence-corrected chi connectivity index (χ2v) is 10.1. The van der Waals surface area contributed by atoms with E-state index in [2.05, 4.69) is 6.07 Å². The van der Waals surface area contributed by atoms with E-state index >= 15 is 0 Å². The van der Waals surface area contributed by atoms with Crippen LogP contribution in [0, 0.1) is 11.3 Å². The molecule has 32 heavy (non-hydrogen) atoms. The number of piperazine rings is 1. The Kier molecular flexibility index (Phi) is 6.09. The van der Waals surface area contributed by atoms with Gasteiger partial charge in [-0.2, -0.15) is 22.7 Å². The summed E-state index contributed by atoms with van der Waals surface area (Å²) in [5, 5.41) is 9.31. The minimum absolute atomic E-state index is 0.0402. The average Bonchev–Trinajstić information content (AvgIpc) is 2.77. The first-order chi connectivity index (χ1) is 15.1. The summed E-state index contributed by atoms with van der Waals surface area (Å²) in [4.78, 5) is 5.99. The fraction of sp³-hybridized carbons (Fsp3) is 0.429. The van der Waals surface area contributed by atoms with Crippen molar-refractivity contribution < 1.29 is 21.6 Å². The minimum Gasteiger partial charge on any atom is -0.353 e. The first-order valence-corrected chi connectivity index (χ1v) is 12.0. The normalized spacial score (nSPS) is 17.7. The number of hydrogen-bond donors (Lipinski definition) is 0. The van der Waals surface area contributed by atoms with Gasteiger partial charge in [-0.1, -0.05) is 11.6 Å². The highest BCUT2D eigenvalue weighted by atomic mass is 35.5. The van der Waals surface area contributed by atoms with Crippen LogP contribution in [0.5, 0.6) is 0 Å². The number of fused-ring (bicyclic) bond motifs is 1. The van der Waals surface area contributed by atoms with Gasteiger partial charge in [0.25, 0.3) is 0 Å². The molecule has 1 fully saturated rings. The number of nitrogens with zero attached hydrogens (tertiary/aromatic N) is 4. The molecule has 6 nitrogen and oxygen atoms in total. The molecule has 170 valence electrons. The van der Waals surface area contributed by atoms with Gasteiger partial charge in [0.1, 0.15) is 16.8 Å². The summed E-state index contributed by atoms with van der Waals surface area (Å²) in [6, 6.07) is 6.32. The number of pyridine rings is 1. The lowest BCUT2D eigenvalue weighted by Crippen LogP contribution is -2.49. The van der Waals surface area contributed by atoms with E-state index in [9.17, 15) is 26.9 Å². The summed E-state index contributed by atoms with van der Waals surface area (Å²) in [5.41, 5.74) is 1.42. The molecule has 1 aromatic heterocycles. The molecule has 0 unspecified atom stereocenters. The summed E-state index contributed by atoms with van der Waals surface area (Å²) in [7, 11) is -4.22. The molecule has 11 heteroatoms. The summed E-state index contributed by atoms with van der Waals surface area (Å²) in [6.07, 6.45) is -0.848. The van der Waals surface area contributed by atoms with Crippen molar-refractivity contribution in [2.75, 3.05) is 31.1 Å². The lowest BCUT2D eigenvalue weighted by atomic mass is 9.95. The number of aryl methyl sites for hydroxylation is 2. The number of rotatable bonds is 3. The second kappa shape index (κ2) is 8.54. The Morgan fingerprint density at radius 2 is 1.75 bits per heavy atom. The van der Waals surface area contributed by atoms with Crippen molar-refractivity contribution >= 4 is 27.4 Å². The Hall–Kier alpha value is -2.35. The van der Waals surface area contributed by atoms with Gasteiger partial charge in [-0.05, 0) is 55.5 Å². The lowest BCUT2D eigenvalue weighted by Gasteiger charge is -2.35. The van der Waals surface area contributed by atoms with Gasteiger partial charge in [0.05, 0.1) is 16.1 Å². The fourth-order valence-electron chi connectivity index (χ4n) is 4.10. The van der Waals surface area contributed by atoms with Gasteiger partial charge >= 0.3 is 6.18 Å². The average molecular weight is 485 g/mol. The molecule has 2 heterocycles.